The van der Waals surface area contributed by atoms with Gasteiger partial charge in [-0.05, 0) is 31.7 Å². The van der Waals surface area contributed by atoms with E-state index in [9.17, 15) is 4.79 Å². The molecule has 0 radical (unpaired) electrons. The van der Waals surface area contributed by atoms with Crippen LogP contribution in [0.1, 0.15) is 57.4 Å². The van der Waals surface area contributed by atoms with E-state index < -0.39 is 0 Å². The van der Waals surface area contributed by atoms with E-state index in [1.165, 1.54) is 19.3 Å². The summed E-state index contributed by atoms with van der Waals surface area (Å²) >= 11 is 0. The second kappa shape index (κ2) is 8.40. The van der Waals surface area contributed by atoms with Gasteiger partial charge in [-0.25, -0.2) is 4.68 Å². The number of fused-ring (bicyclic) bond motifs is 1. The number of rotatable bonds is 2. The van der Waals surface area contributed by atoms with Crippen LogP contribution >= 0.6 is 12.4 Å². The molecule has 2 aliphatic rings. The lowest BCUT2D eigenvalue weighted by Gasteiger charge is -2.28. The van der Waals surface area contributed by atoms with Gasteiger partial charge in [0.25, 0.3) is 5.56 Å². The van der Waals surface area contributed by atoms with E-state index in [2.05, 4.69) is 4.90 Å². The van der Waals surface area contributed by atoms with Crippen LogP contribution in [-0.4, -0.2) is 28.9 Å². The van der Waals surface area contributed by atoms with Gasteiger partial charge in [-0.15, -0.1) is 12.4 Å². The molecule has 142 valence electrons. The van der Waals surface area contributed by atoms with Crippen molar-refractivity contribution in [2.75, 3.05) is 18.0 Å². The molecule has 1 aliphatic heterocycles. The van der Waals surface area contributed by atoms with Crippen LogP contribution in [0, 0.1) is 0 Å². The zero-order valence-electron chi connectivity index (χ0n) is 15.3. The highest BCUT2D eigenvalue weighted by molar-refractivity contribution is 5.91. The number of hydrogen-bond acceptors (Lipinski definition) is 4. The van der Waals surface area contributed by atoms with Crippen LogP contribution in [0.25, 0.3) is 10.8 Å². The third kappa shape index (κ3) is 3.74. The van der Waals surface area contributed by atoms with Crippen LogP contribution in [0.5, 0.6) is 0 Å². The third-order valence-electron chi connectivity index (χ3n) is 5.74. The highest BCUT2D eigenvalue weighted by Crippen LogP contribution is 2.30. The first-order valence-electron chi connectivity index (χ1n) is 9.76. The molecular formula is C20H29ClN4O. The smallest absolute Gasteiger partial charge is 0.275 e. The number of benzene rings is 1. The van der Waals surface area contributed by atoms with Gasteiger partial charge in [-0.2, -0.15) is 5.10 Å². The summed E-state index contributed by atoms with van der Waals surface area (Å²) in [5.41, 5.74) is 6.34. The fourth-order valence-corrected chi connectivity index (χ4v) is 4.36. The minimum Gasteiger partial charge on any atom is -0.353 e. The number of anilines is 1. The van der Waals surface area contributed by atoms with Gasteiger partial charge in [0.2, 0.25) is 0 Å². The van der Waals surface area contributed by atoms with Gasteiger partial charge in [0.1, 0.15) is 0 Å². The maximum absolute atomic E-state index is 13.1. The van der Waals surface area contributed by atoms with Crippen LogP contribution < -0.4 is 16.2 Å². The molecule has 1 saturated heterocycles. The van der Waals surface area contributed by atoms with Crippen LogP contribution in [0.2, 0.25) is 0 Å². The minimum absolute atomic E-state index is 0. The summed E-state index contributed by atoms with van der Waals surface area (Å²) in [5.74, 6) is 0.943. The fourth-order valence-electron chi connectivity index (χ4n) is 4.36. The highest BCUT2D eigenvalue weighted by atomic mass is 35.5. The average Bonchev–Trinajstić information content (AvgIpc) is 2.87. The maximum Gasteiger partial charge on any atom is 0.275 e. The first-order chi connectivity index (χ1) is 12.2. The Hall–Kier alpha value is -1.59. The first kappa shape index (κ1) is 19.2. The number of nitrogens with zero attached hydrogens (tertiary/aromatic N) is 3. The van der Waals surface area contributed by atoms with Gasteiger partial charge in [0.05, 0.1) is 11.4 Å². The van der Waals surface area contributed by atoms with Crippen molar-refractivity contribution in [2.45, 2.75) is 63.5 Å². The summed E-state index contributed by atoms with van der Waals surface area (Å²) < 4.78 is 1.78. The standard InChI is InChI=1S/C20H28N4O.ClH/c21-15-8-6-7-13-23(14-15)19-17-11-4-5-12-18(17)20(25)24(22-19)16-9-2-1-3-10-16;/h4-5,11-12,15-16H,1-3,6-10,13-14,21H2;1H/t15-;/m0./s1. The molecule has 1 aliphatic carbocycles. The molecule has 1 aromatic carbocycles. The van der Waals surface area contributed by atoms with Crippen LogP contribution in [0.4, 0.5) is 5.82 Å². The molecule has 4 rings (SSSR count). The molecule has 2 fully saturated rings. The molecule has 6 heteroatoms. The number of aromatic nitrogens is 2. The number of hydrogen-bond donors (Lipinski definition) is 1. The van der Waals surface area contributed by atoms with Gasteiger partial charge in [-0.1, -0.05) is 43.9 Å². The molecule has 26 heavy (non-hydrogen) atoms. The summed E-state index contributed by atoms with van der Waals surface area (Å²) in [6.07, 6.45) is 9.13. The van der Waals surface area contributed by atoms with Gasteiger partial charge in [-0.3, -0.25) is 4.79 Å². The first-order valence-corrected chi connectivity index (χ1v) is 9.76. The highest BCUT2D eigenvalue weighted by Gasteiger charge is 2.24. The van der Waals surface area contributed by atoms with Gasteiger partial charge < -0.3 is 10.6 Å². The Labute approximate surface area is 161 Å². The predicted octanol–water partition coefficient (Wildman–Crippen LogP) is 3.64. The Balaban J connectivity index is 0.00000196. The second-order valence-electron chi connectivity index (χ2n) is 7.61. The molecule has 1 saturated carbocycles. The largest absolute Gasteiger partial charge is 0.353 e. The summed E-state index contributed by atoms with van der Waals surface area (Å²) in [7, 11) is 0. The Morgan fingerprint density at radius 1 is 0.962 bits per heavy atom. The van der Waals surface area contributed by atoms with Gasteiger partial charge in [0.15, 0.2) is 5.82 Å². The van der Waals surface area contributed by atoms with Crippen molar-refractivity contribution in [1.29, 1.82) is 0 Å². The molecule has 2 heterocycles. The lowest BCUT2D eigenvalue weighted by Crippen LogP contribution is -2.38. The summed E-state index contributed by atoms with van der Waals surface area (Å²) in [5, 5.41) is 6.65. The molecule has 0 bridgehead atoms. The Kier molecular flexibility index (Phi) is 6.20. The Morgan fingerprint density at radius 2 is 1.65 bits per heavy atom. The maximum atomic E-state index is 13.1. The van der Waals surface area contributed by atoms with E-state index in [1.807, 2.05) is 24.3 Å². The molecule has 1 aromatic heterocycles. The normalized spacial score (nSPS) is 22.0. The molecule has 0 spiro atoms. The van der Waals surface area contributed by atoms with E-state index in [0.717, 1.165) is 61.8 Å². The topological polar surface area (TPSA) is 64.2 Å². The van der Waals surface area contributed by atoms with E-state index >= 15 is 0 Å². The van der Waals surface area contributed by atoms with E-state index in [0.29, 0.717) is 0 Å². The SMILES string of the molecule is Cl.N[C@H]1CCCCN(c2nn(C3CCCCC3)c(=O)c3ccccc23)C1. The van der Waals surface area contributed by atoms with Crippen molar-refractivity contribution in [3.8, 4) is 0 Å². The van der Waals surface area contributed by atoms with Crippen molar-refractivity contribution < 1.29 is 0 Å². The quantitative estimate of drug-likeness (QED) is 0.869. The zero-order chi connectivity index (χ0) is 17.2. The minimum atomic E-state index is 0. The third-order valence-corrected chi connectivity index (χ3v) is 5.74. The van der Waals surface area contributed by atoms with Crippen molar-refractivity contribution >= 4 is 29.0 Å². The predicted molar refractivity (Wildman–Crippen MR) is 109 cm³/mol. The lowest BCUT2D eigenvalue weighted by atomic mass is 9.95. The molecule has 0 unspecified atom stereocenters. The van der Waals surface area contributed by atoms with E-state index in [4.69, 9.17) is 10.8 Å². The van der Waals surface area contributed by atoms with Crippen LogP contribution in [-0.2, 0) is 0 Å². The van der Waals surface area contributed by atoms with Gasteiger partial charge in [0, 0.05) is 24.5 Å². The Bertz CT molecular complexity index is 800. The summed E-state index contributed by atoms with van der Waals surface area (Å²) in [4.78, 5) is 15.4. The molecule has 2 N–H and O–H groups in total. The lowest BCUT2D eigenvalue weighted by molar-refractivity contribution is 0.320. The molecular weight excluding hydrogens is 348 g/mol. The summed E-state index contributed by atoms with van der Waals surface area (Å²) in [6, 6.07) is 8.34. The van der Waals surface area contributed by atoms with Crippen molar-refractivity contribution in [1.82, 2.24) is 9.78 Å². The van der Waals surface area contributed by atoms with Crippen LogP contribution in [0.15, 0.2) is 29.1 Å². The summed E-state index contributed by atoms with van der Waals surface area (Å²) in [6.45, 7) is 1.79. The number of halogens is 1. The van der Waals surface area contributed by atoms with Crippen molar-refractivity contribution in [3.05, 3.63) is 34.6 Å². The van der Waals surface area contributed by atoms with Gasteiger partial charge >= 0.3 is 0 Å². The molecule has 1 atom stereocenters. The molecule has 5 nitrogen and oxygen atoms in total. The molecule has 2 aromatic rings. The van der Waals surface area contributed by atoms with Crippen molar-refractivity contribution in [2.24, 2.45) is 5.73 Å². The monoisotopic (exact) mass is 376 g/mol. The van der Waals surface area contributed by atoms with E-state index in [-0.39, 0.29) is 30.0 Å². The van der Waals surface area contributed by atoms with Crippen LogP contribution in [0.3, 0.4) is 0 Å². The second-order valence-corrected chi connectivity index (χ2v) is 7.61. The van der Waals surface area contributed by atoms with E-state index in [1.54, 1.807) is 4.68 Å². The Morgan fingerprint density at radius 3 is 2.42 bits per heavy atom. The zero-order valence-corrected chi connectivity index (χ0v) is 16.1. The number of nitrogens with two attached hydrogens (primary N) is 1. The van der Waals surface area contributed by atoms with Crippen molar-refractivity contribution in [3.63, 3.8) is 0 Å². The molecule has 0 amide bonds. The average molecular weight is 377 g/mol. The fraction of sp³-hybridized carbons (Fsp3) is 0.600.